The van der Waals surface area contributed by atoms with E-state index in [0.29, 0.717) is 43.8 Å². The van der Waals surface area contributed by atoms with Crippen LogP contribution >= 0.6 is 0 Å². The minimum atomic E-state index is 0.495. The lowest BCUT2D eigenvalue weighted by Gasteiger charge is -2.28. The summed E-state index contributed by atoms with van der Waals surface area (Å²) in [6, 6.07) is 7.52. The minimum absolute atomic E-state index is 0.495. The Morgan fingerprint density at radius 3 is 2.34 bits per heavy atom. The zero-order valence-corrected chi connectivity index (χ0v) is 15.7. The van der Waals surface area contributed by atoms with Crippen LogP contribution in [0.1, 0.15) is 11.5 Å². The summed E-state index contributed by atoms with van der Waals surface area (Å²) < 4.78 is 16.2. The zero-order chi connectivity index (χ0) is 19.5. The Bertz CT molecular complexity index is 1050. The summed E-state index contributed by atoms with van der Waals surface area (Å²) in [5, 5.41) is 6.45. The van der Waals surface area contributed by atoms with Crippen molar-refractivity contribution in [2.75, 3.05) is 41.8 Å². The highest BCUT2D eigenvalue weighted by Crippen LogP contribution is 2.26. The molecule has 150 valence electrons. The van der Waals surface area contributed by atoms with Gasteiger partial charge >= 0.3 is 0 Å². The van der Waals surface area contributed by atoms with Crippen molar-refractivity contribution in [1.29, 1.82) is 0 Å². The standard InChI is InChI=1S/C19H21N7O3/c1-3-13(28-7-1)11-20-18-22-15-16(23-18)24-19(21-12-14-4-2-8-29-14)25-17(15)26-5-9-27-10-6-26/h1-4,7-8H,5-6,9-12H2,(H3,20,21,22,23,24,25). The Hall–Kier alpha value is -3.53. The molecule has 10 nitrogen and oxygen atoms in total. The van der Waals surface area contributed by atoms with Gasteiger partial charge < -0.3 is 34.1 Å². The fourth-order valence-electron chi connectivity index (χ4n) is 3.21. The number of furan rings is 2. The number of aromatic amines is 1. The quantitative estimate of drug-likeness (QED) is 0.434. The molecule has 1 aliphatic heterocycles. The Balaban J connectivity index is 1.43. The van der Waals surface area contributed by atoms with E-state index in [1.807, 2.05) is 24.3 Å². The average Bonchev–Trinajstić information content (AvgIpc) is 3.52. The molecule has 1 fully saturated rings. The number of ether oxygens (including phenoxy) is 1. The second kappa shape index (κ2) is 7.84. The number of nitrogens with zero attached hydrogens (tertiary/aromatic N) is 4. The molecule has 0 spiro atoms. The number of fused-ring (bicyclic) bond motifs is 1. The molecule has 0 saturated carbocycles. The molecule has 5 heterocycles. The number of hydrogen-bond donors (Lipinski definition) is 3. The van der Waals surface area contributed by atoms with E-state index in [1.54, 1.807) is 12.5 Å². The first-order chi connectivity index (χ1) is 14.3. The number of morpholine rings is 1. The van der Waals surface area contributed by atoms with Gasteiger partial charge in [-0.15, -0.1) is 0 Å². The van der Waals surface area contributed by atoms with Gasteiger partial charge in [0, 0.05) is 13.1 Å². The molecule has 4 aromatic rings. The van der Waals surface area contributed by atoms with Crippen molar-refractivity contribution in [3.8, 4) is 0 Å². The van der Waals surface area contributed by atoms with Crippen LogP contribution in [0, 0.1) is 0 Å². The maximum Gasteiger partial charge on any atom is 0.227 e. The van der Waals surface area contributed by atoms with Crippen molar-refractivity contribution in [3.05, 3.63) is 48.3 Å². The summed E-state index contributed by atoms with van der Waals surface area (Å²) in [5.41, 5.74) is 1.38. The van der Waals surface area contributed by atoms with Crippen LogP contribution in [-0.4, -0.2) is 46.2 Å². The minimum Gasteiger partial charge on any atom is -0.467 e. The molecule has 0 atom stereocenters. The monoisotopic (exact) mass is 395 g/mol. The Morgan fingerprint density at radius 2 is 1.66 bits per heavy atom. The lowest BCUT2D eigenvalue weighted by atomic mass is 10.3. The van der Waals surface area contributed by atoms with Crippen molar-refractivity contribution in [1.82, 2.24) is 19.9 Å². The third-order valence-electron chi connectivity index (χ3n) is 4.65. The number of nitrogens with one attached hydrogen (secondary N) is 3. The molecular formula is C19H21N7O3. The maximum absolute atomic E-state index is 5.48. The van der Waals surface area contributed by atoms with Crippen LogP contribution in [0.15, 0.2) is 45.6 Å². The number of H-pyrrole nitrogens is 1. The number of rotatable bonds is 7. The molecule has 29 heavy (non-hydrogen) atoms. The first-order valence-electron chi connectivity index (χ1n) is 9.48. The van der Waals surface area contributed by atoms with Crippen molar-refractivity contribution in [2.24, 2.45) is 0 Å². The van der Waals surface area contributed by atoms with E-state index >= 15 is 0 Å². The normalized spacial score (nSPS) is 14.4. The molecule has 0 unspecified atom stereocenters. The topological polar surface area (TPSA) is 117 Å². The lowest BCUT2D eigenvalue weighted by molar-refractivity contribution is 0.122. The predicted molar refractivity (Wildman–Crippen MR) is 107 cm³/mol. The number of aromatic nitrogens is 4. The first kappa shape index (κ1) is 17.6. The number of imidazole rings is 1. The molecule has 1 saturated heterocycles. The van der Waals surface area contributed by atoms with E-state index in [4.69, 9.17) is 18.6 Å². The molecular weight excluding hydrogens is 374 g/mol. The molecule has 0 aromatic carbocycles. The van der Waals surface area contributed by atoms with Crippen LogP contribution < -0.4 is 15.5 Å². The molecule has 0 radical (unpaired) electrons. The van der Waals surface area contributed by atoms with E-state index in [0.717, 1.165) is 35.9 Å². The maximum atomic E-state index is 5.48. The van der Waals surface area contributed by atoms with Gasteiger partial charge in [-0.1, -0.05) is 0 Å². The van der Waals surface area contributed by atoms with Gasteiger partial charge in [-0.3, -0.25) is 0 Å². The third kappa shape index (κ3) is 3.87. The summed E-state index contributed by atoms with van der Waals surface area (Å²) >= 11 is 0. The summed E-state index contributed by atoms with van der Waals surface area (Å²) in [6.45, 7) is 3.87. The number of hydrogen-bond acceptors (Lipinski definition) is 9. The van der Waals surface area contributed by atoms with Crippen molar-refractivity contribution < 1.29 is 13.6 Å². The van der Waals surface area contributed by atoms with E-state index in [2.05, 4.69) is 30.5 Å². The van der Waals surface area contributed by atoms with E-state index < -0.39 is 0 Å². The predicted octanol–water partition coefficient (Wildman–Crippen LogP) is 2.60. The van der Waals surface area contributed by atoms with E-state index in [1.165, 1.54) is 0 Å². The van der Waals surface area contributed by atoms with Crippen LogP contribution in [0.25, 0.3) is 11.2 Å². The van der Waals surface area contributed by atoms with Crippen LogP contribution in [-0.2, 0) is 17.8 Å². The summed E-state index contributed by atoms with van der Waals surface area (Å²) in [4.78, 5) is 19.4. The molecule has 10 heteroatoms. The molecule has 5 rings (SSSR count). The summed E-state index contributed by atoms with van der Waals surface area (Å²) in [6.07, 6.45) is 3.29. The molecule has 1 aliphatic rings. The summed E-state index contributed by atoms with van der Waals surface area (Å²) in [7, 11) is 0. The Labute approximate surface area is 166 Å². The van der Waals surface area contributed by atoms with Gasteiger partial charge in [-0.05, 0) is 24.3 Å². The van der Waals surface area contributed by atoms with Crippen molar-refractivity contribution >= 4 is 28.9 Å². The number of anilines is 3. The fraction of sp³-hybridized carbons (Fsp3) is 0.316. The molecule has 0 amide bonds. The van der Waals surface area contributed by atoms with Gasteiger partial charge in [0.05, 0.1) is 38.8 Å². The molecule has 0 aliphatic carbocycles. The van der Waals surface area contributed by atoms with Crippen LogP contribution in [0.4, 0.5) is 17.7 Å². The first-order valence-corrected chi connectivity index (χ1v) is 9.48. The Morgan fingerprint density at radius 1 is 0.931 bits per heavy atom. The largest absolute Gasteiger partial charge is 0.467 e. The van der Waals surface area contributed by atoms with Gasteiger partial charge in [-0.2, -0.15) is 15.0 Å². The molecule has 0 bridgehead atoms. The highest BCUT2D eigenvalue weighted by Gasteiger charge is 2.20. The molecule has 4 aromatic heterocycles. The van der Waals surface area contributed by atoms with Crippen LogP contribution in [0.3, 0.4) is 0 Å². The van der Waals surface area contributed by atoms with Gasteiger partial charge in [0.15, 0.2) is 11.5 Å². The van der Waals surface area contributed by atoms with Gasteiger partial charge in [0.1, 0.15) is 17.0 Å². The fourth-order valence-corrected chi connectivity index (χ4v) is 3.21. The van der Waals surface area contributed by atoms with Crippen molar-refractivity contribution in [3.63, 3.8) is 0 Å². The highest BCUT2D eigenvalue weighted by atomic mass is 16.5. The molecule has 3 N–H and O–H groups in total. The van der Waals surface area contributed by atoms with Gasteiger partial charge in [0.2, 0.25) is 11.9 Å². The lowest BCUT2D eigenvalue weighted by Crippen LogP contribution is -2.37. The third-order valence-corrected chi connectivity index (χ3v) is 4.65. The van der Waals surface area contributed by atoms with Crippen molar-refractivity contribution in [2.45, 2.75) is 13.1 Å². The Kier molecular flexibility index (Phi) is 4.75. The van der Waals surface area contributed by atoms with E-state index in [9.17, 15) is 0 Å². The highest BCUT2D eigenvalue weighted by molar-refractivity contribution is 5.86. The van der Waals surface area contributed by atoms with E-state index in [-0.39, 0.29) is 0 Å². The second-order valence-corrected chi connectivity index (χ2v) is 6.62. The summed E-state index contributed by atoms with van der Waals surface area (Å²) in [5.74, 6) is 3.55. The van der Waals surface area contributed by atoms with Crippen LogP contribution in [0.5, 0.6) is 0 Å². The van der Waals surface area contributed by atoms with Crippen LogP contribution in [0.2, 0.25) is 0 Å². The SMILES string of the molecule is c1coc(CNc2nc(N3CCOCC3)c3[nH]c(NCc4ccco4)nc3n2)c1. The van der Waals surface area contributed by atoms with Gasteiger partial charge in [0.25, 0.3) is 0 Å². The smallest absolute Gasteiger partial charge is 0.227 e. The second-order valence-electron chi connectivity index (χ2n) is 6.62. The van der Waals surface area contributed by atoms with Gasteiger partial charge in [-0.25, -0.2) is 0 Å². The zero-order valence-electron chi connectivity index (χ0n) is 15.7. The average molecular weight is 395 g/mol.